The number of benzene rings is 1. The Labute approximate surface area is 141 Å². The summed E-state index contributed by atoms with van der Waals surface area (Å²) in [5.74, 6) is 0.591. The van der Waals surface area contributed by atoms with E-state index in [9.17, 15) is 4.79 Å². The normalized spacial score (nSPS) is 10.7. The molecule has 7 heteroatoms. The lowest BCUT2D eigenvalue weighted by atomic mass is 10.3. The molecule has 6 nitrogen and oxygen atoms in total. The van der Waals surface area contributed by atoms with E-state index in [-0.39, 0.29) is 11.7 Å². The fourth-order valence-electron chi connectivity index (χ4n) is 2.13. The number of aryl methyl sites for hydroxylation is 1. The largest absolute Gasteiger partial charge is 0.348 e. The maximum absolute atomic E-state index is 12.2. The van der Waals surface area contributed by atoms with E-state index in [0.29, 0.717) is 23.8 Å². The van der Waals surface area contributed by atoms with Gasteiger partial charge >= 0.3 is 0 Å². The first-order valence-electron chi connectivity index (χ1n) is 7.87. The van der Waals surface area contributed by atoms with E-state index in [2.05, 4.69) is 27.6 Å². The predicted molar refractivity (Wildman–Crippen MR) is 91.2 cm³/mol. The number of rotatable bonds is 8. The van der Waals surface area contributed by atoms with E-state index in [4.69, 9.17) is 11.6 Å². The van der Waals surface area contributed by atoms with Crippen molar-refractivity contribution in [2.45, 2.75) is 26.7 Å². The van der Waals surface area contributed by atoms with Gasteiger partial charge in [0.25, 0.3) is 5.91 Å². The van der Waals surface area contributed by atoms with Crippen molar-refractivity contribution < 1.29 is 4.79 Å². The van der Waals surface area contributed by atoms with Gasteiger partial charge in [0.15, 0.2) is 0 Å². The topological polar surface area (TPSA) is 71.8 Å². The van der Waals surface area contributed by atoms with Crippen LogP contribution >= 0.6 is 11.6 Å². The van der Waals surface area contributed by atoms with E-state index < -0.39 is 0 Å². The molecular weight excluding hydrogens is 314 g/mol. The highest BCUT2D eigenvalue weighted by molar-refractivity contribution is 6.32. The number of hydrogen-bond donors (Lipinski definition) is 2. The molecule has 2 rings (SSSR count). The van der Waals surface area contributed by atoms with Gasteiger partial charge in [-0.05, 0) is 25.1 Å². The molecule has 0 aliphatic rings. The van der Waals surface area contributed by atoms with Gasteiger partial charge < -0.3 is 10.6 Å². The summed E-state index contributed by atoms with van der Waals surface area (Å²) < 4.78 is 1.63. The van der Waals surface area contributed by atoms with Crippen LogP contribution in [0.5, 0.6) is 0 Å². The fourth-order valence-corrected chi connectivity index (χ4v) is 2.35. The number of hydrogen-bond acceptors (Lipinski definition) is 4. The Bertz CT molecular complexity index is 656. The summed E-state index contributed by atoms with van der Waals surface area (Å²) in [6.07, 6.45) is 1.72. The maximum Gasteiger partial charge on any atom is 0.291 e. The molecule has 2 N–H and O–H groups in total. The van der Waals surface area contributed by atoms with Crippen LogP contribution in [0.3, 0.4) is 0 Å². The van der Waals surface area contributed by atoms with Crippen molar-refractivity contribution in [2.24, 2.45) is 0 Å². The number of carbonyl (C=O) groups is 1. The number of carbonyl (C=O) groups excluding carboxylic acids is 1. The minimum absolute atomic E-state index is 0.164. The highest BCUT2D eigenvalue weighted by Crippen LogP contribution is 2.20. The molecule has 1 aromatic carbocycles. The lowest BCUT2D eigenvalue weighted by Crippen LogP contribution is -2.32. The predicted octanol–water partition coefficient (Wildman–Crippen LogP) is 2.21. The molecule has 0 radical (unpaired) electrons. The van der Waals surface area contributed by atoms with Crippen molar-refractivity contribution in [3.8, 4) is 5.69 Å². The molecule has 1 amide bonds. The summed E-state index contributed by atoms with van der Waals surface area (Å²) in [5.41, 5.74) is 0.724. The quantitative estimate of drug-likeness (QED) is 0.725. The summed E-state index contributed by atoms with van der Waals surface area (Å²) in [4.78, 5) is 16.5. The SMILES string of the molecule is CCCNCCNC(=O)c1nc(CC)n(-c2ccccc2Cl)n1. The van der Waals surface area contributed by atoms with Gasteiger partial charge in [-0.2, -0.15) is 0 Å². The lowest BCUT2D eigenvalue weighted by molar-refractivity contribution is 0.0943. The fraction of sp³-hybridized carbons (Fsp3) is 0.438. The third kappa shape index (κ3) is 4.53. The highest BCUT2D eigenvalue weighted by atomic mass is 35.5. The smallest absolute Gasteiger partial charge is 0.291 e. The van der Waals surface area contributed by atoms with Crippen molar-refractivity contribution in [1.29, 1.82) is 0 Å². The molecule has 1 heterocycles. The Hall–Kier alpha value is -1.92. The van der Waals surface area contributed by atoms with E-state index in [1.165, 1.54) is 0 Å². The average molecular weight is 336 g/mol. The first kappa shape index (κ1) is 17.4. The number of para-hydroxylation sites is 1. The Kier molecular flexibility index (Phi) is 6.55. The Balaban J connectivity index is 2.10. The van der Waals surface area contributed by atoms with E-state index in [1.807, 2.05) is 25.1 Å². The van der Waals surface area contributed by atoms with Gasteiger partial charge in [-0.25, -0.2) is 9.67 Å². The second-order valence-corrected chi connectivity index (χ2v) is 5.48. The van der Waals surface area contributed by atoms with Crippen molar-refractivity contribution >= 4 is 17.5 Å². The van der Waals surface area contributed by atoms with Gasteiger partial charge in [0, 0.05) is 19.5 Å². The van der Waals surface area contributed by atoms with Crippen LogP contribution in [0.15, 0.2) is 24.3 Å². The van der Waals surface area contributed by atoms with Crippen LogP contribution in [0, 0.1) is 0 Å². The summed E-state index contributed by atoms with van der Waals surface area (Å²) >= 11 is 6.21. The van der Waals surface area contributed by atoms with Crippen LogP contribution < -0.4 is 10.6 Å². The van der Waals surface area contributed by atoms with E-state index >= 15 is 0 Å². The standard InChI is InChI=1S/C16H22ClN5O/c1-3-9-18-10-11-19-16(23)15-20-14(4-2)22(21-15)13-8-6-5-7-12(13)17/h5-8,18H,3-4,9-11H2,1-2H3,(H,19,23). The summed E-state index contributed by atoms with van der Waals surface area (Å²) in [6, 6.07) is 7.37. The lowest BCUT2D eigenvalue weighted by Gasteiger charge is -2.05. The molecule has 0 spiro atoms. The minimum atomic E-state index is -0.274. The highest BCUT2D eigenvalue weighted by Gasteiger charge is 2.17. The van der Waals surface area contributed by atoms with Crippen molar-refractivity contribution in [1.82, 2.24) is 25.4 Å². The van der Waals surface area contributed by atoms with Crippen LogP contribution in [0.1, 0.15) is 36.7 Å². The van der Waals surface area contributed by atoms with Crippen molar-refractivity contribution in [2.75, 3.05) is 19.6 Å². The molecule has 0 unspecified atom stereocenters. The van der Waals surface area contributed by atoms with Crippen molar-refractivity contribution in [3.63, 3.8) is 0 Å². The molecule has 0 saturated carbocycles. The van der Waals surface area contributed by atoms with Crippen molar-refractivity contribution in [3.05, 3.63) is 40.9 Å². The number of nitrogens with one attached hydrogen (secondary N) is 2. The van der Waals surface area contributed by atoms with Gasteiger partial charge in [-0.15, -0.1) is 5.10 Å². The number of nitrogens with zero attached hydrogens (tertiary/aromatic N) is 3. The van der Waals surface area contributed by atoms with Crippen LogP contribution in [0.25, 0.3) is 5.69 Å². The number of amides is 1. The molecule has 0 aliphatic carbocycles. The molecule has 23 heavy (non-hydrogen) atoms. The van der Waals surface area contributed by atoms with Crippen LogP contribution in [-0.2, 0) is 6.42 Å². The van der Waals surface area contributed by atoms with Crippen LogP contribution in [0.2, 0.25) is 5.02 Å². The van der Waals surface area contributed by atoms with Gasteiger partial charge in [0.1, 0.15) is 5.82 Å². The molecule has 0 atom stereocenters. The third-order valence-electron chi connectivity index (χ3n) is 3.29. The molecule has 124 valence electrons. The van der Waals surface area contributed by atoms with Crippen LogP contribution in [-0.4, -0.2) is 40.3 Å². The van der Waals surface area contributed by atoms with Gasteiger partial charge in [-0.1, -0.05) is 37.6 Å². The third-order valence-corrected chi connectivity index (χ3v) is 3.61. The van der Waals surface area contributed by atoms with Gasteiger partial charge in [-0.3, -0.25) is 4.79 Å². The number of halogens is 1. The second-order valence-electron chi connectivity index (χ2n) is 5.07. The van der Waals surface area contributed by atoms with E-state index in [0.717, 1.165) is 25.2 Å². The second kappa shape index (κ2) is 8.64. The van der Waals surface area contributed by atoms with Gasteiger partial charge in [0.2, 0.25) is 5.82 Å². The first-order chi connectivity index (χ1) is 11.2. The first-order valence-corrected chi connectivity index (χ1v) is 8.24. The molecule has 1 aromatic heterocycles. The molecule has 0 bridgehead atoms. The molecule has 0 aliphatic heterocycles. The Morgan fingerprint density at radius 2 is 2.00 bits per heavy atom. The Morgan fingerprint density at radius 1 is 1.22 bits per heavy atom. The van der Waals surface area contributed by atoms with Gasteiger partial charge in [0.05, 0.1) is 10.7 Å². The summed E-state index contributed by atoms with van der Waals surface area (Å²) in [7, 11) is 0. The summed E-state index contributed by atoms with van der Waals surface area (Å²) in [6.45, 7) is 6.28. The molecular formula is C16H22ClN5O. The van der Waals surface area contributed by atoms with Crippen LogP contribution in [0.4, 0.5) is 0 Å². The minimum Gasteiger partial charge on any atom is -0.348 e. The summed E-state index contributed by atoms with van der Waals surface area (Å²) in [5, 5.41) is 10.9. The Morgan fingerprint density at radius 3 is 2.70 bits per heavy atom. The zero-order valence-corrected chi connectivity index (χ0v) is 14.2. The molecule has 0 saturated heterocycles. The maximum atomic E-state index is 12.2. The zero-order valence-electron chi connectivity index (χ0n) is 13.5. The zero-order chi connectivity index (χ0) is 16.7. The van der Waals surface area contributed by atoms with E-state index in [1.54, 1.807) is 10.7 Å². The molecule has 2 aromatic rings. The average Bonchev–Trinajstić information content (AvgIpc) is 2.99. The number of aromatic nitrogens is 3. The monoisotopic (exact) mass is 335 g/mol. The molecule has 0 fully saturated rings.